The highest BCUT2D eigenvalue weighted by molar-refractivity contribution is 5.63. The van der Waals surface area contributed by atoms with Crippen molar-refractivity contribution in [3.8, 4) is 11.4 Å². The summed E-state index contributed by atoms with van der Waals surface area (Å²) in [5.41, 5.74) is 1.43. The smallest absolute Gasteiger partial charge is 0.179 e. The molecule has 0 saturated carbocycles. The van der Waals surface area contributed by atoms with Gasteiger partial charge in [0.2, 0.25) is 0 Å². The van der Waals surface area contributed by atoms with E-state index in [9.17, 15) is 0 Å². The van der Waals surface area contributed by atoms with Crippen LogP contribution < -0.4 is 0 Å². The molecule has 2 unspecified atom stereocenters. The first-order valence-corrected chi connectivity index (χ1v) is 6.84. The number of rotatable bonds is 5. The monoisotopic (exact) mass is 288 g/mol. The summed E-state index contributed by atoms with van der Waals surface area (Å²) in [5, 5.41) is 21.2. The van der Waals surface area contributed by atoms with Crippen LogP contribution in [0.1, 0.15) is 31.1 Å². The van der Waals surface area contributed by atoms with Crippen molar-refractivity contribution in [3.05, 3.63) is 24.0 Å². The molecule has 1 fully saturated rings. The molecule has 110 valence electrons. The molecule has 0 radical (unpaired) electrons. The lowest BCUT2D eigenvalue weighted by molar-refractivity contribution is -0.175. The second kappa shape index (κ2) is 6.51. The number of ether oxygens (including phenoxy) is 2. The normalized spacial score (nSPS) is 20.1. The SMILES string of the molecule is N=CC(OC1CCCCO1)c1cc(-c2nnn[nH]2)ccn1. The lowest BCUT2D eigenvalue weighted by Crippen LogP contribution is -2.25. The summed E-state index contributed by atoms with van der Waals surface area (Å²) in [7, 11) is 0. The van der Waals surface area contributed by atoms with Gasteiger partial charge < -0.3 is 14.9 Å². The van der Waals surface area contributed by atoms with E-state index in [4.69, 9.17) is 14.9 Å². The number of aromatic amines is 1. The van der Waals surface area contributed by atoms with Crippen LogP contribution in [0.3, 0.4) is 0 Å². The van der Waals surface area contributed by atoms with E-state index in [-0.39, 0.29) is 6.29 Å². The van der Waals surface area contributed by atoms with Crippen molar-refractivity contribution < 1.29 is 9.47 Å². The van der Waals surface area contributed by atoms with E-state index in [2.05, 4.69) is 25.6 Å². The van der Waals surface area contributed by atoms with Crippen LogP contribution in [0.5, 0.6) is 0 Å². The van der Waals surface area contributed by atoms with Crippen molar-refractivity contribution in [2.24, 2.45) is 0 Å². The molecule has 1 aliphatic heterocycles. The van der Waals surface area contributed by atoms with Crippen molar-refractivity contribution in [1.29, 1.82) is 5.41 Å². The Morgan fingerprint density at radius 1 is 1.48 bits per heavy atom. The van der Waals surface area contributed by atoms with E-state index in [1.807, 2.05) is 0 Å². The van der Waals surface area contributed by atoms with E-state index in [0.29, 0.717) is 18.1 Å². The van der Waals surface area contributed by atoms with Gasteiger partial charge in [-0.25, -0.2) is 5.10 Å². The summed E-state index contributed by atoms with van der Waals surface area (Å²) < 4.78 is 11.4. The molecule has 8 nitrogen and oxygen atoms in total. The summed E-state index contributed by atoms with van der Waals surface area (Å²) in [5.74, 6) is 0.552. The zero-order chi connectivity index (χ0) is 14.5. The predicted octanol–water partition coefficient (Wildman–Crippen LogP) is 1.50. The average Bonchev–Trinajstić information content (AvgIpc) is 3.08. The van der Waals surface area contributed by atoms with Gasteiger partial charge in [0.05, 0.1) is 5.69 Å². The molecule has 3 heterocycles. The number of H-pyrrole nitrogens is 1. The third kappa shape index (κ3) is 3.29. The van der Waals surface area contributed by atoms with Gasteiger partial charge in [0.25, 0.3) is 0 Å². The maximum atomic E-state index is 7.57. The summed E-state index contributed by atoms with van der Waals surface area (Å²) in [4.78, 5) is 4.27. The van der Waals surface area contributed by atoms with Crippen molar-refractivity contribution >= 4 is 6.21 Å². The Kier molecular flexibility index (Phi) is 4.27. The molecule has 0 aliphatic carbocycles. The molecule has 0 spiro atoms. The number of hydrogen-bond acceptors (Lipinski definition) is 7. The van der Waals surface area contributed by atoms with Crippen LogP contribution in [0, 0.1) is 5.41 Å². The first kappa shape index (κ1) is 13.8. The van der Waals surface area contributed by atoms with Gasteiger partial charge in [-0.2, -0.15) is 0 Å². The lowest BCUT2D eigenvalue weighted by atomic mass is 10.1. The summed E-state index contributed by atoms with van der Waals surface area (Å²) in [6, 6.07) is 3.60. The quantitative estimate of drug-likeness (QED) is 0.807. The highest BCUT2D eigenvalue weighted by atomic mass is 16.7. The Hall–Kier alpha value is -2.19. The maximum absolute atomic E-state index is 7.57. The van der Waals surface area contributed by atoms with Gasteiger partial charge in [0.1, 0.15) is 6.10 Å². The Morgan fingerprint density at radius 2 is 2.43 bits per heavy atom. The molecule has 2 atom stereocenters. The fourth-order valence-corrected chi connectivity index (χ4v) is 2.21. The molecule has 1 aliphatic rings. The van der Waals surface area contributed by atoms with Gasteiger partial charge in [0, 0.05) is 24.6 Å². The molecule has 2 aromatic heterocycles. The second-order valence-electron chi connectivity index (χ2n) is 4.74. The summed E-state index contributed by atoms with van der Waals surface area (Å²) >= 11 is 0. The van der Waals surface area contributed by atoms with Crippen LogP contribution >= 0.6 is 0 Å². The number of nitrogens with one attached hydrogen (secondary N) is 2. The minimum Gasteiger partial charge on any atom is -0.353 e. The van der Waals surface area contributed by atoms with E-state index in [1.165, 1.54) is 6.21 Å². The van der Waals surface area contributed by atoms with Crippen molar-refractivity contribution in [2.45, 2.75) is 31.7 Å². The number of pyridine rings is 1. The highest BCUT2D eigenvalue weighted by Gasteiger charge is 2.21. The van der Waals surface area contributed by atoms with Crippen LogP contribution in [-0.2, 0) is 9.47 Å². The van der Waals surface area contributed by atoms with Crippen molar-refractivity contribution in [1.82, 2.24) is 25.6 Å². The van der Waals surface area contributed by atoms with Gasteiger partial charge in [-0.3, -0.25) is 4.98 Å². The fraction of sp³-hybridized carbons (Fsp3) is 0.462. The molecule has 0 amide bonds. The molecule has 1 saturated heterocycles. The average molecular weight is 288 g/mol. The first-order chi connectivity index (χ1) is 10.4. The molecule has 3 rings (SSSR count). The third-order valence-electron chi connectivity index (χ3n) is 3.28. The van der Waals surface area contributed by atoms with Gasteiger partial charge >= 0.3 is 0 Å². The molecule has 21 heavy (non-hydrogen) atoms. The standard InChI is InChI=1S/C13H16N6O2/c14-8-11(21-12-3-1-2-6-20-12)10-7-9(4-5-15-10)13-16-18-19-17-13/h4-5,7-8,11-12,14H,1-3,6H2,(H,16,17,18,19). The zero-order valence-electron chi connectivity index (χ0n) is 11.4. The van der Waals surface area contributed by atoms with Gasteiger partial charge in [-0.05, 0) is 41.8 Å². The largest absolute Gasteiger partial charge is 0.353 e. The lowest BCUT2D eigenvalue weighted by Gasteiger charge is -2.25. The molecule has 0 aromatic carbocycles. The van der Waals surface area contributed by atoms with Crippen LogP contribution in [0.25, 0.3) is 11.4 Å². The van der Waals surface area contributed by atoms with Gasteiger partial charge in [-0.15, -0.1) is 5.10 Å². The van der Waals surface area contributed by atoms with Crippen LogP contribution in [0.2, 0.25) is 0 Å². The second-order valence-corrected chi connectivity index (χ2v) is 4.74. The van der Waals surface area contributed by atoms with Crippen LogP contribution in [0.15, 0.2) is 18.3 Å². The van der Waals surface area contributed by atoms with E-state index in [0.717, 1.165) is 24.8 Å². The molecule has 8 heteroatoms. The minimum atomic E-state index is -0.538. The molecule has 2 aromatic rings. The predicted molar refractivity (Wildman–Crippen MR) is 73.6 cm³/mol. The van der Waals surface area contributed by atoms with Crippen molar-refractivity contribution in [2.75, 3.05) is 6.61 Å². The van der Waals surface area contributed by atoms with Crippen LogP contribution in [-0.4, -0.2) is 44.7 Å². The molecule has 2 N–H and O–H groups in total. The Labute approximate surface area is 121 Å². The third-order valence-corrected chi connectivity index (χ3v) is 3.28. The number of aromatic nitrogens is 5. The van der Waals surface area contributed by atoms with Gasteiger partial charge in [0.15, 0.2) is 12.1 Å². The molecular formula is C13H16N6O2. The zero-order valence-corrected chi connectivity index (χ0v) is 11.4. The highest BCUT2D eigenvalue weighted by Crippen LogP contribution is 2.23. The number of hydrogen-bond donors (Lipinski definition) is 2. The molecule has 0 bridgehead atoms. The Balaban J connectivity index is 1.77. The van der Waals surface area contributed by atoms with E-state index < -0.39 is 6.10 Å². The van der Waals surface area contributed by atoms with Gasteiger partial charge in [-0.1, -0.05) is 0 Å². The van der Waals surface area contributed by atoms with E-state index >= 15 is 0 Å². The van der Waals surface area contributed by atoms with E-state index in [1.54, 1.807) is 18.3 Å². The maximum Gasteiger partial charge on any atom is 0.179 e. The summed E-state index contributed by atoms with van der Waals surface area (Å²) in [6.07, 6.45) is 5.04. The molecular weight excluding hydrogens is 272 g/mol. The first-order valence-electron chi connectivity index (χ1n) is 6.84. The Bertz CT molecular complexity index is 582. The minimum absolute atomic E-state index is 0.275. The fourth-order valence-electron chi connectivity index (χ4n) is 2.21. The number of nitrogens with zero attached hydrogens (tertiary/aromatic N) is 4. The topological polar surface area (TPSA) is 110 Å². The summed E-state index contributed by atoms with van der Waals surface area (Å²) in [6.45, 7) is 0.701. The Morgan fingerprint density at radius 3 is 3.14 bits per heavy atom. The van der Waals surface area contributed by atoms with Crippen molar-refractivity contribution in [3.63, 3.8) is 0 Å². The van der Waals surface area contributed by atoms with Crippen LogP contribution in [0.4, 0.5) is 0 Å². The number of tetrazole rings is 1.